The van der Waals surface area contributed by atoms with E-state index in [1.807, 2.05) is 48.5 Å². The first-order valence-electron chi connectivity index (χ1n) is 21.3. The molecule has 4 heterocycles. The zero-order valence-electron chi connectivity index (χ0n) is 35.2. The Morgan fingerprint density at radius 2 is 1.64 bits per heavy atom. The summed E-state index contributed by atoms with van der Waals surface area (Å²) in [5, 5.41) is 17.3. The predicted octanol–water partition coefficient (Wildman–Crippen LogP) is 6.14. The molecule has 1 aromatic heterocycles. The van der Waals surface area contributed by atoms with Crippen molar-refractivity contribution in [2.75, 3.05) is 31.6 Å². The number of unbranched alkanes of at least 4 members (excludes halogenated alkanes) is 2. The van der Waals surface area contributed by atoms with Crippen LogP contribution in [0, 0.1) is 17.3 Å². The van der Waals surface area contributed by atoms with E-state index in [-0.39, 0.29) is 55.3 Å². The molecule has 5 amide bonds. The summed E-state index contributed by atoms with van der Waals surface area (Å²) in [5.74, 6) is 5.23. The summed E-state index contributed by atoms with van der Waals surface area (Å²) >= 11 is 0. The maximum absolute atomic E-state index is 13.3. The third-order valence-electron chi connectivity index (χ3n) is 11.2. The highest BCUT2D eigenvalue weighted by atomic mass is 16.5. The standard InChI is InChI=1S/C50H46N8O6/c1-56-32-54-47-44(46(56)51)42(35-17-7-4-8-18-35)45(36-19-9-5-10-20-36)57(47)31-34-16-12-15-33(30-34)14-6-2-3-11-26-53-40(59)25-28-64-29-27-52-38-22-13-21-37-43(38)50(63)58(49(37)62)39-23-24-41(60)55-48(39)61/h4-5,7-10,12-13,15-22,30,32,39,51H,1-3,11,23-29,31H2,(H2-,52,53,55,59,60,61,63)/p+1. The van der Waals surface area contributed by atoms with Crippen molar-refractivity contribution in [1.29, 1.82) is 5.41 Å². The fraction of sp³-hybridized carbons (Fsp3) is 0.240. The first-order chi connectivity index (χ1) is 31.2. The molecule has 0 bridgehead atoms. The maximum Gasteiger partial charge on any atom is 0.271 e. The Labute approximate surface area is 370 Å². The lowest BCUT2D eigenvalue weighted by molar-refractivity contribution is -0.246. The molecule has 3 aliphatic rings. The fourth-order valence-corrected chi connectivity index (χ4v) is 8.16. The zero-order valence-corrected chi connectivity index (χ0v) is 35.2. The molecule has 0 spiro atoms. The Morgan fingerprint density at radius 3 is 2.42 bits per heavy atom. The van der Waals surface area contributed by atoms with Gasteiger partial charge in [-0.2, -0.15) is 5.41 Å². The van der Waals surface area contributed by atoms with Crippen LogP contribution in [0.5, 0.6) is 0 Å². The molecule has 0 saturated carbocycles. The van der Waals surface area contributed by atoms with Crippen LogP contribution in [0.25, 0.3) is 22.4 Å². The molecule has 1 atom stereocenters. The summed E-state index contributed by atoms with van der Waals surface area (Å²) in [6, 6.07) is 32.3. The molecule has 0 radical (unpaired) electrons. The van der Waals surface area contributed by atoms with Crippen molar-refractivity contribution in [1.82, 2.24) is 20.1 Å². The van der Waals surface area contributed by atoms with Crippen LogP contribution in [0.1, 0.15) is 75.9 Å². The SMILES string of the molecule is C=[N+]1C=Nc2c(c(-c3ccccc3)c(-c3ccccc3)n2Cc2cccc(C#CCCCCNC(=O)CCOCCNc3cccc4c3C(=O)N(C3CCC(=O)NC3=O)C4=O)c2)C1=N. The van der Waals surface area contributed by atoms with Gasteiger partial charge in [-0.05, 0) is 60.2 Å². The Hall–Kier alpha value is -7.76. The number of nitrogens with one attached hydrogen (secondary N) is 4. The number of hydrogen-bond acceptors (Lipinski definition) is 9. The molecule has 1 fully saturated rings. The van der Waals surface area contributed by atoms with E-state index in [9.17, 15) is 24.0 Å². The second-order valence-corrected chi connectivity index (χ2v) is 15.6. The van der Waals surface area contributed by atoms with Gasteiger partial charge in [-0.25, -0.2) is 4.58 Å². The number of carbonyl (C=O) groups excluding carboxylic acids is 5. The van der Waals surface area contributed by atoms with Gasteiger partial charge in [0.1, 0.15) is 11.6 Å². The van der Waals surface area contributed by atoms with Crippen molar-refractivity contribution >= 4 is 59.9 Å². The van der Waals surface area contributed by atoms with Crippen LogP contribution in [-0.2, 0) is 25.7 Å². The number of nitrogens with zero attached hydrogens (tertiary/aromatic N) is 4. The van der Waals surface area contributed by atoms with Crippen molar-refractivity contribution < 1.29 is 33.3 Å². The molecule has 4 N–H and O–H groups in total. The number of amides is 5. The number of rotatable bonds is 16. The van der Waals surface area contributed by atoms with Gasteiger partial charge in [0.25, 0.3) is 17.6 Å². The number of piperidine rings is 1. The topological polar surface area (TPSA) is 178 Å². The minimum Gasteiger partial charge on any atom is -0.382 e. The van der Waals surface area contributed by atoms with E-state index >= 15 is 0 Å². The lowest BCUT2D eigenvalue weighted by atomic mass is 9.96. The number of anilines is 1. The van der Waals surface area contributed by atoms with Gasteiger partial charge < -0.3 is 19.9 Å². The molecule has 1 unspecified atom stereocenters. The van der Waals surface area contributed by atoms with Crippen molar-refractivity contribution in [3.63, 3.8) is 0 Å². The summed E-state index contributed by atoms with van der Waals surface area (Å²) in [5.41, 5.74) is 7.46. The van der Waals surface area contributed by atoms with Gasteiger partial charge in [-0.3, -0.25) is 34.2 Å². The number of carbonyl (C=O) groups is 5. The van der Waals surface area contributed by atoms with Crippen LogP contribution in [0.3, 0.4) is 0 Å². The maximum atomic E-state index is 13.3. The second kappa shape index (κ2) is 19.5. The first kappa shape index (κ1) is 42.9. The summed E-state index contributed by atoms with van der Waals surface area (Å²) in [4.78, 5) is 68.5. The van der Waals surface area contributed by atoms with Crippen LogP contribution < -0.4 is 16.0 Å². The number of ether oxygens (including phenoxy) is 1. The van der Waals surface area contributed by atoms with Crippen LogP contribution >= 0.6 is 0 Å². The molecular weight excluding hydrogens is 809 g/mol. The van der Waals surface area contributed by atoms with E-state index in [0.29, 0.717) is 37.6 Å². The predicted molar refractivity (Wildman–Crippen MR) is 244 cm³/mol. The summed E-state index contributed by atoms with van der Waals surface area (Å²) in [6.07, 6.45) is 4.20. The summed E-state index contributed by atoms with van der Waals surface area (Å²) in [6.45, 7) is 5.85. The first-order valence-corrected chi connectivity index (χ1v) is 21.3. The largest absolute Gasteiger partial charge is 0.382 e. The third kappa shape index (κ3) is 9.20. The molecule has 14 heteroatoms. The number of benzene rings is 4. The van der Waals surface area contributed by atoms with Gasteiger partial charge >= 0.3 is 0 Å². The lowest BCUT2D eigenvalue weighted by Gasteiger charge is -2.27. The average Bonchev–Trinajstić information content (AvgIpc) is 3.76. The number of aliphatic imine (C=N–C) groups is 1. The number of amidine groups is 1. The minimum atomic E-state index is -1.04. The van der Waals surface area contributed by atoms with Gasteiger partial charge in [0.2, 0.25) is 29.9 Å². The Morgan fingerprint density at radius 1 is 0.875 bits per heavy atom. The number of aromatic nitrogens is 1. The van der Waals surface area contributed by atoms with Crippen molar-refractivity contribution in [2.24, 2.45) is 4.99 Å². The van der Waals surface area contributed by atoms with Crippen molar-refractivity contribution in [3.05, 3.63) is 131 Å². The smallest absolute Gasteiger partial charge is 0.271 e. The molecule has 64 heavy (non-hydrogen) atoms. The molecular formula is C50H47N8O6+. The van der Waals surface area contributed by atoms with E-state index in [4.69, 9.17) is 15.1 Å². The highest BCUT2D eigenvalue weighted by Gasteiger charge is 2.45. The third-order valence-corrected chi connectivity index (χ3v) is 11.2. The zero-order chi connectivity index (χ0) is 44.6. The van der Waals surface area contributed by atoms with Crippen LogP contribution in [0.15, 0.2) is 108 Å². The van der Waals surface area contributed by atoms with E-state index in [2.05, 4.69) is 75.5 Å². The Bertz CT molecular complexity index is 2770. The van der Waals surface area contributed by atoms with E-state index in [0.717, 1.165) is 56.8 Å². The average molecular weight is 856 g/mol. The molecule has 1 saturated heterocycles. The van der Waals surface area contributed by atoms with E-state index in [1.165, 1.54) is 4.58 Å². The molecule has 8 rings (SSSR count). The van der Waals surface area contributed by atoms with E-state index < -0.39 is 29.7 Å². The van der Waals surface area contributed by atoms with Crippen LogP contribution in [-0.4, -0.2) is 94.8 Å². The monoisotopic (exact) mass is 855 g/mol. The minimum absolute atomic E-state index is 0.0485. The Kier molecular flexibility index (Phi) is 13.1. The number of hydrogen-bond donors (Lipinski definition) is 4. The molecule has 4 aromatic carbocycles. The van der Waals surface area contributed by atoms with Crippen LogP contribution in [0.4, 0.5) is 11.5 Å². The van der Waals surface area contributed by atoms with Gasteiger partial charge in [0.15, 0.2) is 0 Å². The number of fused-ring (bicyclic) bond motifs is 2. The van der Waals surface area contributed by atoms with Crippen molar-refractivity contribution in [2.45, 2.75) is 51.1 Å². The fourth-order valence-electron chi connectivity index (χ4n) is 8.16. The van der Waals surface area contributed by atoms with Gasteiger partial charge in [0, 0.05) is 55.9 Å². The normalized spacial score (nSPS) is 15.4. The Balaban J connectivity index is 0.782. The van der Waals surface area contributed by atoms with E-state index in [1.54, 1.807) is 24.5 Å². The highest BCUT2D eigenvalue weighted by molar-refractivity contribution is 6.25. The van der Waals surface area contributed by atoms with Crippen LogP contribution in [0.2, 0.25) is 0 Å². The molecule has 322 valence electrons. The molecule has 5 aromatic rings. The number of imide groups is 2. The molecule has 3 aliphatic heterocycles. The molecule has 0 aliphatic carbocycles. The van der Waals surface area contributed by atoms with Crippen molar-refractivity contribution in [3.8, 4) is 34.2 Å². The second-order valence-electron chi connectivity index (χ2n) is 15.6. The van der Waals surface area contributed by atoms with Gasteiger partial charge in [-0.15, -0.1) is 0 Å². The van der Waals surface area contributed by atoms with Gasteiger partial charge in [0.05, 0.1) is 36.6 Å². The summed E-state index contributed by atoms with van der Waals surface area (Å²) in [7, 11) is 0. The lowest BCUT2D eigenvalue weighted by Crippen LogP contribution is -2.54. The molecule has 14 nitrogen and oxygen atoms in total. The quantitative estimate of drug-likeness (QED) is 0.0399. The summed E-state index contributed by atoms with van der Waals surface area (Å²) < 4.78 is 9.33. The highest BCUT2D eigenvalue weighted by Crippen LogP contribution is 2.44. The van der Waals surface area contributed by atoms with Gasteiger partial charge in [-0.1, -0.05) is 95.7 Å².